The summed E-state index contributed by atoms with van der Waals surface area (Å²) >= 11 is 0. The summed E-state index contributed by atoms with van der Waals surface area (Å²) in [5.41, 5.74) is 5.77. The molecule has 94 valence electrons. The largest absolute Gasteiger partial charge is 0.381 e. The molecule has 3 nitrogen and oxygen atoms in total. The lowest BCUT2D eigenvalue weighted by Crippen LogP contribution is -2.25. The lowest BCUT2D eigenvalue weighted by atomic mass is 9.81. The van der Waals surface area contributed by atoms with Crippen molar-refractivity contribution in [2.24, 2.45) is 17.1 Å². The van der Waals surface area contributed by atoms with E-state index in [2.05, 4.69) is 13.8 Å². The molecule has 0 saturated carbocycles. The molecule has 0 spiro atoms. The zero-order valence-electron chi connectivity index (χ0n) is 10.6. The smallest absolute Gasteiger partial charge is 0.136 e. The topological polar surface area (TPSA) is 52.3 Å². The van der Waals surface area contributed by atoms with Crippen molar-refractivity contribution in [1.29, 1.82) is 0 Å². The van der Waals surface area contributed by atoms with Crippen molar-refractivity contribution >= 4 is 5.78 Å². The van der Waals surface area contributed by atoms with Crippen LogP contribution in [0.25, 0.3) is 0 Å². The molecule has 0 bridgehead atoms. The number of hydrogen-bond acceptors (Lipinski definition) is 3. The maximum absolute atomic E-state index is 12.0. The van der Waals surface area contributed by atoms with E-state index in [-0.39, 0.29) is 11.3 Å². The number of ether oxygens (including phenoxy) is 1. The Morgan fingerprint density at radius 3 is 2.50 bits per heavy atom. The fraction of sp³-hybridized carbons (Fsp3) is 0.923. The Bertz CT molecular complexity index is 220. The average molecular weight is 227 g/mol. The van der Waals surface area contributed by atoms with Crippen LogP contribution in [0.4, 0.5) is 0 Å². The van der Waals surface area contributed by atoms with Gasteiger partial charge in [-0.15, -0.1) is 0 Å². The molecule has 0 aromatic rings. The molecule has 0 radical (unpaired) electrons. The third-order valence-corrected chi connectivity index (χ3v) is 3.55. The van der Waals surface area contributed by atoms with E-state index in [1.54, 1.807) is 0 Å². The van der Waals surface area contributed by atoms with E-state index in [1.165, 1.54) is 0 Å². The van der Waals surface area contributed by atoms with Crippen LogP contribution in [0.2, 0.25) is 0 Å². The zero-order chi connectivity index (χ0) is 12.0. The van der Waals surface area contributed by atoms with Crippen molar-refractivity contribution < 1.29 is 9.53 Å². The highest BCUT2D eigenvalue weighted by Crippen LogP contribution is 2.28. The van der Waals surface area contributed by atoms with Crippen LogP contribution in [-0.2, 0) is 9.53 Å². The average Bonchev–Trinajstić information content (AvgIpc) is 2.27. The van der Waals surface area contributed by atoms with E-state index in [9.17, 15) is 4.79 Å². The SMILES string of the molecule is CC(C)(CCN)CCC(=O)C1CCOCC1. The summed E-state index contributed by atoms with van der Waals surface area (Å²) in [5.74, 6) is 0.677. The van der Waals surface area contributed by atoms with Crippen molar-refractivity contribution in [1.82, 2.24) is 0 Å². The minimum Gasteiger partial charge on any atom is -0.381 e. The number of carbonyl (C=O) groups is 1. The first-order chi connectivity index (χ1) is 7.55. The molecule has 1 aliphatic heterocycles. The van der Waals surface area contributed by atoms with Gasteiger partial charge < -0.3 is 10.5 Å². The Morgan fingerprint density at radius 2 is 1.94 bits per heavy atom. The van der Waals surface area contributed by atoms with Crippen molar-refractivity contribution in [2.75, 3.05) is 19.8 Å². The summed E-state index contributed by atoms with van der Waals surface area (Å²) in [6.45, 7) is 6.60. The van der Waals surface area contributed by atoms with Gasteiger partial charge in [-0.2, -0.15) is 0 Å². The third kappa shape index (κ3) is 4.62. The second-order valence-electron chi connectivity index (χ2n) is 5.56. The van der Waals surface area contributed by atoms with Gasteiger partial charge in [-0.25, -0.2) is 0 Å². The van der Waals surface area contributed by atoms with Gasteiger partial charge in [0.25, 0.3) is 0 Å². The maximum Gasteiger partial charge on any atom is 0.136 e. The summed E-state index contributed by atoms with van der Waals surface area (Å²) in [4.78, 5) is 12.0. The molecule has 0 aliphatic carbocycles. The molecule has 1 heterocycles. The third-order valence-electron chi connectivity index (χ3n) is 3.55. The molecule has 1 rings (SSSR count). The fourth-order valence-corrected chi connectivity index (χ4v) is 2.20. The molecule has 1 saturated heterocycles. The molecule has 16 heavy (non-hydrogen) atoms. The van der Waals surface area contributed by atoms with E-state index in [0.29, 0.717) is 18.7 Å². The molecule has 0 aromatic heterocycles. The number of hydrogen-bond donors (Lipinski definition) is 1. The van der Waals surface area contributed by atoms with Gasteiger partial charge in [0.05, 0.1) is 0 Å². The van der Waals surface area contributed by atoms with Gasteiger partial charge >= 0.3 is 0 Å². The van der Waals surface area contributed by atoms with E-state index >= 15 is 0 Å². The van der Waals surface area contributed by atoms with Crippen LogP contribution in [-0.4, -0.2) is 25.5 Å². The Balaban J connectivity index is 2.28. The second kappa shape index (κ2) is 6.36. The highest BCUT2D eigenvalue weighted by Gasteiger charge is 2.24. The van der Waals surface area contributed by atoms with Gasteiger partial charge in [-0.3, -0.25) is 4.79 Å². The van der Waals surface area contributed by atoms with E-state index in [0.717, 1.165) is 38.9 Å². The van der Waals surface area contributed by atoms with Crippen LogP contribution in [0.15, 0.2) is 0 Å². The van der Waals surface area contributed by atoms with Gasteiger partial charge in [-0.1, -0.05) is 13.8 Å². The first-order valence-corrected chi connectivity index (χ1v) is 6.36. The summed E-state index contributed by atoms with van der Waals surface area (Å²) in [6.07, 6.45) is 4.48. The number of ketones is 1. The maximum atomic E-state index is 12.0. The van der Waals surface area contributed by atoms with E-state index < -0.39 is 0 Å². The standard InChI is InChI=1S/C13H25NO2/c1-13(2,7-8-14)6-3-12(15)11-4-9-16-10-5-11/h11H,3-10,14H2,1-2H3. The van der Waals surface area contributed by atoms with Crippen LogP contribution < -0.4 is 5.73 Å². The Labute approximate surface area is 98.7 Å². The van der Waals surface area contributed by atoms with E-state index in [1.807, 2.05) is 0 Å². The molecular formula is C13H25NO2. The minimum atomic E-state index is 0.204. The fourth-order valence-electron chi connectivity index (χ4n) is 2.20. The predicted octanol–water partition coefficient (Wildman–Crippen LogP) is 2.14. The van der Waals surface area contributed by atoms with Crippen LogP contribution in [0.1, 0.15) is 46.0 Å². The normalized spacial score (nSPS) is 18.7. The summed E-state index contributed by atoms with van der Waals surface area (Å²) < 4.78 is 5.27. The molecule has 1 aliphatic rings. The molecule has 0 unspecified atom stereocenters. The van der Waals surface area contributed by atoms with Crippen LogP contribution in [0.3, 0.4) is 0 Å². The van der Waals surface area contributed by atoms with Gasteiger partial charge in [0.2, 0.25) is 0 Å². The number of carbonyl (C=O) groups excluding carboxylic acids is 1. The molecule has 0 atom stereocenters. The van der Waals surface area contributed by atoms with Crippen molar-refractivity contribution in [2.45, 2.75) is 46.0 Å². The molecule has 1 fully saturated rings. The van der Waals surface area contributed by atoms with E-state index in [4.69, 9.17) is 10.5 Å². The van der Waals surface area contributed by atoms with Gasteiger partial charge in [0.15, 0.2) is 0 Å². The van der Waals surface area contributed by atoms with Crippen LogP contribution in [0, 0.1) is 11.3 Å². The first-order valence-electron chi connectivity index (χ1n) is 6.36. The predicted molar refractivity (Wildman–Crippen MR) is 65.2 cm³/mol. The lowest BCUT2D eigenvalue weighted by Gasteiger charge is -2.25. The molecular weight excluding hydrogens is 202 g/mol. The quantitative estimate of drug-likeness (QED) is 0.756. The molecule has 0 aromatic carbocycles. The zero-order valence-corrected chi connectivity index (χ0v) is 10.6. The minimum absolute atomic E-state index is 0.204. The van der Waals surface area contributed by atoms with Crippen molar-refractivity contribution in [3.8, 4) is 0 Å². The summed E-state index contributed by atoms with van der Waals surface area (Å²) in [7, 11) is 0. The number of Topliss-reactive ketones (excluding diaryl/α,β-unsaturated/α-hetero) is 1. The highest BCUT2D eigenvalue weighted by atomic mass is 16.5. The van der Waals surface area contributed by atoms with Gasteiger partial charge in [-0.05, 0) is 37.6 Å². The van der Waals surface area contributed by atoms with Crippen molar-refractivity contribution in [3.63, 3.8) is 0 Å². The molecule has 3 heteroatoms. The van der Waals surface area contributed by atoms with Gasteiger partial charge in [0, 0.05) is 25.6 Å². The first kappa shape index (κ1) is 13.7. The Kier molecular flexibility index (Phi) is 5.42. The Hall–Kier alpha value is -0.410. The molecule has 0 amide bonds. The van der Waals surface area contributed by atoms with Crippen LogP contribution in [0.5, 0.6) is 0 Å². The van der Waals surface area contributed by atoms with Crippen LogP contribution >= 0.6 is 0 Å². The molecule has 2 N–H and O–H groups in total. The summed E-state index contributed by atoms with van der Waals surface area (Å²) in [6, 6.07) is 0. The second-order valence-corrected chi connectivity index (χ2v) is 5.56. The number of rotatable bonds is 6. The number of nitrogens with two attached hydrogens (primary N) is 1. The lowest BCUT2D eigenvalue weighted by molar-refractivity contribution is -0.126. The monoisotopic (exact) mass is 227 g/mol. The van der Waals surface area contributed by atoms with Crippen molar-refractivity contribution in [3.05, 3.63) is 0 Å². The van der Waals surface area contributed by atoms with Gasteiger partial charge in [0.1, 0.15) is 5.78 Å². The highest BCUT2D eigenvalue weighted by molar-refractivity contribution is 5.81. The Morgan fingerprint density at radius 1 is 1.31 bits per heavy atom. The summed E-state index contributed by atoms with van der Waals surface area (Å²) in [5, 5.41) is 0.